The van der Waals surface area contributed by atoms with Gasteiger partial charge in [0.25, 0.3) is 5.09 Å². The zero-order valence-corrected chi connectivity index (χ0v) is 7.30. The molecule has 0 aliphatic rings. The van der Waals surface area contributed by atoms with Crippen LogP contribution in [0.3, 0.4) is 0 Å². The van der Waals surface area contributed by atoms with Gasteiger partial charge in [0.15, 0.2) is 0 Å². The molecule has 0 atom stereocenters. The number of esters is 1. The standard InChI is InChI=1S/C6H10N2O6/c7-6(10)14-5(9)3-1-2-4-13-8(11)12/h1-4H2,(H2,7,10). The molecule has 0 bridgehead atoms. The van der Waals surface area contributed by atoms with Gasteiger partial charge < -0.3 is 15.3 Å². The lowest BCUT2D eigenvalue weighted by atomic mass is 10.2. The first-order chi connectivity index (χ1) is 6.52. The van der Waals surface area contributed by atoms with Crippen LogP contribution in [0, 0.1) is 10.1 Å². The molecule has 0 spiro atoms. The highest BCUT2D eigenvalue weighted by atomic mass is 16.9. The maximum absolute atomic E-state index is 10.7. The number of carbonyl (C=O) groups is 2. The SMILES string of the molecule is NC(=O)OC(=O)CCCCO[N+](=O)[O-]. The van der Waals surface area contributed by atoms with Gasteiger partial charge in [-0.2, -0.15) is 0 Å². The van der Waals surface area contributed by atoms with Gasteiger partial charge in [0, 0.05) is 6.42 Å². The number of carbonyl (C=O) groups excluding carboxylic acids is 2. The fourth-order valence-electron chi connectivity index (χ4n) is 0.674. The number of hydrogen-bond acceptors (Lipinski definition) is 6. The maximum Gasteiger partial charge on any atom is 0.412 e. The Morgan fingerprint density at radius 2 is 2.00 bits per heavy atom. The van der Waals surface area contributed by atoms with Crippen LogP contribution in [0.5, 0.6) is 0 Å². The quantitative estimate of drug-likeness (QED) is 0.214. The van der Waals surface area contributed by atoms with E-state index in [4.69, 9.17) is 0 Å². The van der Waals surface area contributed by atoms with Crippen molar-refractivity contribution in [3.63, 3.8) is 0 Å². The van der Waals surface area contributed by atoms with Crippen LogP contribution in [0.4, 0.5) is 4.79 Å². The van der Waals surface area contributed by atoms with E-state index in [0.717, 1.165) is 0 Å². The Hall–Kier alpha value is -1.86. The summed E-state index contributed by atoms with van der Waals surface area (Å²) in [5.41, 5.74) is 4.57. The summed E-state index contributed by atoms with van der Waals surface area (Å²) in [5, 5.41) is 8.76. The van der Waals surface area contributed by atoms with Crippen molar-refractivity contribution in [3.8, 4) is 0 Å². The minimum atomic E-state index is -1.16. The number of amides is 1. The monoisotopic (exact) mass is 206 g/mol. The van der Waals surface area contributed by atoms with Gasteiger partial charge in [0.05, 0.1) is 6.61 Å². The third kappa shape index (κ3) is 8.24. The largest absolute Gasteiger partial charge is 0.412 e. The highest BCUT2D eigenvalue weighted by molar-refractivity contribution is 5.83. The molecule has 1 amide bonds. The van der Waals surface area contributed by atoms with Crippen molar-refractivity contribution in [1.29, 1.82) is 0 Å². The molecule has 14 heavy (non-hydrogen) atoms. The van der Waals surface area contributed by atoms with Crippen molar-refractivity contribution in [2.24, 2.45) is 5.73 Å². The van der Waals surface area contributed by atoms with Crippen LogP contribution >= 0.6 is 0 Å². The Balaban J connectivity index is 3.32. The van der Waals surface area contributed by atoms with Crippen LogP contribution in [-0.4, -0.2) is 23.8 Å². The Morgan fingerprint density at radius 3 is 2.50 bits per heavy atom. The van der Waals surface area contributed by atoms with Crippen molar-refractivity contribution in [3.05, 3.63) is 10.1 Å². The summed E-state index contributed by atoms with van der Waals surface area (Å²) in [6.45, 7) is -0.0865. The fraction of sp³-hybridized carbons (Fsp3) is 0.667. The zero-order chi connectivity index (χ0) is 11.0. The smallest absolute Gasteiger partial charge is 0.376 e. The Bertz CT molecular complexity index is 228. The normalized spacial score (nSPS) is 9.14. The first-order valence-electron chi connectivity index (χ1n) is 3.80. The lowest BCUT2D eigenvalue weighted by Gasteiger charge is -1.99. The second-order valence-corrected chi connectivity index (χ2v) is 2.31. The summed E-state index contributed by atoms with van der Waals surface area (Å²) < 4.78 is 4.00. The first-order valence-corrected chi connectivity index (χ1v) is 3.80. The van der Waals surface area contributed by atoms with Crippen LogP contribution in [0.15, 0.2) is 0 Å². The molecule has 0 heterocycles. The molecule has 0 radical (unpaired) electrons. The fourth-order valence-corrected chi connectivity index (χ4v) is 0.674. The molecule has 80 valence electrons. The third-order valence-electron chi connectivity index (χ3n) is 1.19. The molecular weight excluding hydrogens is 196 g/mol. The average molecular weight is 206 g/mol. The van der Waals surface area contributed by atoms with E-state index >= 15 is 0 Å². The van der Waals surface area contributed by atoms with Gasteiger partial charge in [-0.15, -0.1) is 10.1 Å². The van der Waals surface area contributed by atoms with Gasteiger partial charge in [-0.1, -0.05) is 0 Å². The maximum atomic E-state index is 10.7. The predicted molar refractivity (Wildman–Crippen MR) is 42.5 cm³/mol. The number of ether oxygens (including phenoxy) is 1. The van der Waals surface area contributed by atoms with Crippen LogP contribution < -0.4 is 5.73 Å². The molecule has 2 N–H and O–H groups in total. The second kappa shape index (κ2) is 6.63. The topological polar surface area (TPSA) is 122 Å². The highest BCUT2D eigenvalue weighted by Crippen LogP contribution is 1.98. The summed E-state index contributed by atoms with van der Waals surface area (Å²) in [6, 6.07) is 0. The van der Waals surface area contributed by atoms with Crippen molar-refractivity contribution in [2.75, 3.05) is 6.61 Å². The number of hydrogen-bond donors (Lipinski definition) is 1. The third-order valence-corrected chi connectivity index (χ3v) is 1.19. The Morgan fingerprint density at radius 1 is 1.36 bits per heavy atom. The van der Waals surface area contributed by atoms with E-state index in [9.17, 15) is 19.7 Å². The summed E-state index contributed by atoms with van der Waals surface area (Å²) >= 11 is 0. The van der Waals surface area contributed by atoms with Gasteiger partial charge >= 0.3 is 12.1 Å². The molecule has 8 nitrogen and oxygen atoms in total. The summed E-state index contributed by atoms with van der Waals surface area (Å²) in [6.07, 6.45) is -0.518. The molecule has 0 aromatic heterocycles. The van der Waals surface area contributed by atoms with Gasteiger partial charge in [-0.25, -0.2) is 4.79 Å². The van der Waals surface area contributed by atoms with E-state index in [0.29, 0.717) is 12.8 Å². The molecule has 0 saturated heterocycles. The first kappa shape index (κ1) is 12.1. The van der Waals surface area contributed by atoms with E-state index in [1.54, 1.807) is 0 Å². The van der Waals surface area contributed by atoms with Gasteiger partial charge in [-0.3, -0.25) is 4.79 Å². The molecule has 0 aliphatic carbocycles. The van der Waals surface area contributed by atoms with Gasteiger partial charge in [0.1, 0.15) is 0 Å². The second-order valence-electron chi connectivity index (χ2n) is 2.31. The van der Waals surface area contributed by atoms with Crippen LogP contribution in [-0.2, 0) is 14.4 Å². The zero-order valence-electron chi connectivity index (χ0n) is 7.30. The van der Waals surface area contributed by atoms with Crippen LogP contribution in [0.25, 0.3) is 0 Å². The molecule has 0 aliphatic heterocycles. The van der Waals surface area contributed by atoms with Crippen LogP contribution in [0.2, 0.25) is 0 Å². The number of rotatable bonds is 6. The molecule has 0 aromatic rings. The molecule has 0 rings (SSSR count). The highest BCUT2D eigenvalue weighted by Gasteiger charge is 2.05. The molecule has 0 fully saturated rings. The Kier molecular flexibility index (Phi) is 5.75. The van der Waals surface area contributed by atoms with E-state index < -0.39 is 17.1 Å². The number of primary amides is 1. The molecular formula is C6H10N2O6. The van der Waals surface area contributed by atoms with Crippen molar-refractivity contribution in [2.45, 2.75) is 19.3 Å². The number of nitrogens with zero attached hydrogens (tertiary/aromatic N) is 1. The van der Waals surface area contributed by atoms with Gasteiger partial charge in [-0.05, 0) is 12.8 Å². The summed E-state index contributed by atoms with van der Waals surface area (Å²) in [7, 11) is 0. The number of unbranched alkanes of at least 4 members (excludes halogenated alkanes) is 1. The lowest BCUT2D eigenvalue weighted by molar-refractivity contribution is -0.757. The van der Waals surface area contributed by atoms with Gasteiger partial charge in [0.2, 0.25) is 0 Å². The molecule has 0 unspecified atom stereocenters. The van der Waals surface area contributed by atoms with Crippen molar-refractivity contribution >= 4 is 12.1 Å². The predicted octanol–water partition coefficient (Wildman–Crippen LogP) is -0.0131. The number of nitrogens with two attached hydrogens (primary N) is 1. The minimum Gasteiger partial charge on any atom is -0.376 e. The summed E-state index contributed by atoms with van der Waals surface area (Å²) in [5.74, 6) is -0.751. The average Bonchev–Trinajstić information content (AvgIpc) is 2.01. The van der Waals surface area contributed by atoms with Crippen molar-refractivity contribution in [1.82, 2.24) is 0 Å². The van der Waals surface area contributed by atoms with E-state index in [-0.39, 0.29) is 13.0 Å². The van der Waals surface area contributed by atoms with E-state index in [1.165, 1.54) is 0 Å². The molecule has 0 saturated carbocycles. The van der Waals surface area contributed by atoms with Crippen molar-refractivity contribution < 1.29 is 24.3 Å². The lowest BCUT2D eigenvalue weighted by Crippen LogP contribution is -2.18. The minimum absolute atomic E-state index is 0.0238. The van der Waals surface area contributed by atoms with Crippen LogP contribution in [0.1, 0.15) is 19.3 Å². The Labute approximate surface area is 79.1 Å². The molecule has 8 heteroatoms. The summed E-state index contributed by atoms with van der Waals surface area (Å²) in [4.78, 5) is 34.4. The molecule has 0 aromatic carbocycles. The van der Waals surface area contributed by atoms with E-state index in [1.807, 2.05) is 0 Å². The van der Waals surface area contributed by atoms with E-state index in [2.05, 4.69) is 15.3 Å².